The maximum Gasteiger partial charge on any atom is 0.257 e. The molecule has 1 N–H and O–H groups in total. The Kier molecular flexibility index (Phi) is 4.98. The monoisotopic (exact) mass is 387 g/mol. The van der Waals surface area contributed by atoms with Crippen LogP contribution in [0.15, 0.2) is 66.1 Å². The van der Waals surface area contributed by atoms with Crippen LogP contribution in [0.5, 0.6) is 5.88 Å². The Bertz CT molecular complexity index is 1140. The zero-order valence-corrected chi connectivity index (χ0v) is 15.8. The highest BCUT2D eigenvalue weighted by molar-refractivity contribution is 6.04. The van der Waals surface area contributed by atoms with Gasteiger partial charge < -0.3 is 14.5 Å². The van der Waals surface area contributed by atoms with Crippen LogP contribution in [0, 0.1) is 6.92 Å². The zero-order chi connectivity index (χ0) is 20.2. The lowest BCUT2D eigenvalue weighted by Gasteiger charge is -2.10. The van der Waals surface area contributed by atoms with Crippen LogP contribution in [0.2, 0.25) is 0 Å². The van der Waals surface area contributed by atoms with Crippen molar-refractivity contribution >= 4 is 11.7 Å². The molecule has 0 aliphatic carbocycles. The summed E-state index contributed by atoms with van der Waals surface area (Å²) in [5.41, 5.74) is 4.32. The highest BCUT2D eigenvalue weighted by Crippen LogP contribution is 2.31. The van der Waals surface area contributed by atoms with E-state index in [1.807, 2.05) is 19.1 Å². The van der Waals surface area contributed by atoms with E-state index in [0.717, 1.165) is 16.7 Å². The predicted octanol–water partition coefficient (Wildman–Crippen LogP) is 3.76. The molecule has 0 spiro atoms. The van der Waals surface area contributed by atoms with E-state index < -0.39 is 0 Å². The number of hydrogen-bond acceptors (Lipinski definition) is 7. The van der Waals surface area contributed by atoms with Gasteiger partial charge in [-0.1, -0.05) is 0 Å². The van der Waals surface area contributed by atoms with Crippen LogP contribution in [0.25, 0.3) is 22.4 Å². The summed E-state index contributed by atoms with van der Waals surface area (Å²) in [7, 11) is 1.54. The van der Waals surface area contributed by atoms with Crippen molar-refractivity contribution in [3.05, 3.63) is 72.8 Å². The van der Waals surface area contributed by atoms with Gasteiger partial charge in [0.1, 0.15) is 0 Å². The van der Waals surface area contributed by atoms with E-state index in [2.05, 4.69) is 25.3 Å². The summed E-state index contributed by atoms with van der Waals surface area (Å²) in [6.07, 6.45) is 11.2. The molecule has 0 aliphatic heterocycles. The van der Waals surface area contributed by atoms with Crippen molar-refractivity contribution in [1.29, 1.82) is 0 Å². The van der Waals surface area contributed by atoms with Gasteiger partial charge in [0.05, 0.1) is 43.3 Å². The number of carbonyl (C=O) groups excluding carboxylic acids is 1. The Morgan fingerprint density at radius 2 is 1.97 bits per heavy atom. The molecule has 0 saturated carbocycles. The Balaban J connectivity index is 1.60. The first-order valence-electron chi connectivity index (χ1n) is 8.76. The molecule has 8 nitrogen and oxygen atoms in total. The number of hydrogen-bond donors (Lipinski definition) is 1. The van der Waals surface area contributed by atoms with Crippen LogP contribution in [-0.2, 0) is 0 Å². The van der Waals surface area contributed by atoms with Crippen molar-refractivity contribution in [1.82, 2.24) is 19.9 Å². The molecule has 29 heavy (non-hydrogen) atoms. The van der Waals surface area contributed by atoms with E-state index in [4.69, 9.17) is 9.15 Å². The van der Waals surface area contributed by atoms with Crippen molar-refractivity contribution < 1.29 is 13.9 Å². The van der Waals surface area contributed by atoms with Gasteiger partial charge in [-0.2, -0.15) is 0 Å². The van der Waals surface area contributed by atoms with Crippen LogP contribution in [0.3, 0.4) is 0 Å². The average Bonchev–Trinajstić information content (AvgIpc) is 3.29. The van der Waals surface area contributed by atoms with E-state index in [9.17, 15) is 4.79 Å². The number of ether oxygens (including phenoxy) is 1. The van der Waals surface area contributed by atoms with Gasteiger partial charge in [0.15, 0.2) is 5.82 Å². The molecule has 0 bridgehead atoms. The normalized spacial score (nSPS) is 10.6. The second-order valence-electron chi connectivity index (χ2n) is 6.22. The molecule has 144 valence electrons. The number of nitrogens with one attached hydrogen (secondary N) is 1. The number of carbonyl (C=O) groups is 1. The van der Waals surface area contributed by atoms with Crippen molar-refractivity contribution in [2.75, 3.05) is 12.4 Å². The van der Waals surface area contributed by atoms with E-state index >= 15 is 0 Å². The summed E-state index contributed by atoms with van der Waals surface area (Å²) in [6.45, 7) is 1.82. The lowest BCUT2D eigenvalue weighted by Crippen LogP contribution is -2.14. The topological polar surface area (TPSA) is 103 Å². The molecular weight excluding hydrogens is 370 g/mol. The first-order chi connectivity index (χ1) is 14.2. The molecule has 1 amide bonds. The maximum atomic E-state index is 12.4. The van der Waals surface area contributed by atoms with Crippen molar-refractivity contribution in [2.45, 2.75) is 6.92 Å². The first kappa shape index (κ1) is 18.3. The SMILES string of the molecule is COc1ncc(-c2ccoc2)cc1-c1cnc(NC(=O)c2ccncc2C)cn1. The van der Waals surface area contributed by atoms with Gasteiger partial charge >= 0.3 is 0 Å². The van der Waals surface area contributed by atoms with Crippen molar-refractivity contribution in [3.8, 4) is 28.3 Å². The Hall–Kier alpha value is -4.07. The van der Waals surface area contributed by atoms with Crippen LogP contribution < -0.4 is 10.1 Å². The molecule has 0 radical (unpaired) electrons. The molecule has 0 aromatic carbocycles. The quantitative estimate of drug-likeness (QED) is 0.556. The number of anilines is 1. The summed E-state index contributed by atoms with van der Waals surface area (Å²) in [6, 6.07) is 5.41. The number of amides is 1. The minimum Gasteiger partial charge on any atom is -0.481 e. The summed E-state index contributed by atoms with van der Waals surface area (Å²) in [5, 5.41) is 2.74. The van der Waals surface area contributed by atoms with Crippen LogP contribution in [0.1, 0.15) is 15.9 Å². The highest BCUT2D eigenvalue weighted by atomic mass is 16.5. The summed E-state index contributed by atoms with van der Waals surface area (Å²) in [4.78, 5) is 29.5. The Morgan fingerprint density at radius 3 is 2.66 bits per heavy atom. The number of methoxy groups -OCH3 is 1. The number of rotatable bonds is 5. The number of nitrogens with zero attached hydrogens (tertiary/aromatic N) is 4. The van der Waals surface area contributed by atoms with Gasteiger partial charge in [-0.15, -0.1) is 0 Å². The van der Waals surface area contributed by atoms with Gasteiger partial charge in [0, 0.05) is 35.3 Å². The van der Waals surface area contributed by atoms with Gasteiger partial charge in [-0.05, 0) is 30.7 Å². The third-order valence-electron chi connectivity index (χ3n) is 4.33. The minimum atomic E-state index is -0.270. The van der Waals surface area contributed by atoms with Gasteiger partial charge in [-0.25, -0.2) is 9.97 Å². The molecule has 4 aromatic heterocycles. The lowest BCUT2D eigenvalue weighted by atomic mass is 10.1. The number of pyridine rings is 2. The average molecular weight is 387 g/mol. The second-order valence-corrected chi connectivity index (χ2v) is 6.22. The molecular formula is C21H17N5O3. The summed E-state index contributed by atoms with van der Waals surface area (Å²) < 4.78 is 10.5. The molecule has 8 heteroatoms. The third-order valence-corrected chi connectivity index (χ3v) is 4.33. The molecule has 4 rings (SSSR count). The van der Waals surface area contributed by atoms with Crippen LogP contribution in [-0.4, -0.2) is 33.0 Å². The van der Waals surface area contributed by atoms with E-state index in [1.54, 1.807) is 50.5 Å². The van der Waals surface area contributed by atoms with Crippen LogP contribution >= 0.6 is 0 Å². The van der Waals surface area contributed by atoms with E-state index in [1.165, 1.54) is 6.20 Å². The van der Waals surface area contributed by atoms with E-state index in [0.29, 0.717) is 28.5 Å². The fourth-order valence-corrected chi connectivity index (χ4v) is 2.83. The first-order valence-corrected chi connectivity index (χ1v) is 8.76. The molecule has 0 saturated heterocycles. The van der Waals surface area contributed by atoms with Crippen molar-refractivity contribution in [3.63, 3.8) is 0 Å². The third kappa shape index (κ3) is 3.81. The highest BCUT2D eigenvalue weighted by Gasteiger charge is 2.14. The van der Waals surface area contributed by atoms with Crippen LogP contribution in [0.4, 0.5) is 5.82 Å². The minimum absolute atomic E-state index is 0.270. The fourth-order valence-electron chi connectivity index (χ4n) is 2.83. The predicted molar refractivity (Wildman–Crippen MR) is 106 cm³/mol. The zero-order valence-electron chi connectivity index (χ0n) is 15.8. The molecule has 0 unspecified atom stereocenters. The number of furan rings is 1. The summed E-state index contributed by atoms with van der Waals surface area (Å²) in [5.74, 6) is 0.497. The molecule has 0 atom stereocenters. The Morgan fingerprint density at radius 1 is 1.07 bits per heavy atom. The Labute approximate surface area is 166 Å². The molecule has 0 aliphatic rings. The second kappa shape index (κ2) is 7.89. The standard InChI is InChI=1S/C21H17N5O3/c1-13-8-22-5-3-16(13)20(27)26-19-11-23-18(10-24-19)17-7-15(9-25-21(17)28-2)14-4-6-29-12-14/h3-12H,1-2H3,(H,24,26,27). The van der Waals surface area contributed by atoms with Crippen molar-refractivity contribution in [2.24, 2.45) is 0 Å². The molecule has 4 heterocycles. The maximum absolute atomic E-state index is 12.4. The number of aromatic nitrogens is 4. The van der Waals surface area contributed by atoms with Gasteiger partial charge in [-0.3, -0.25) is 14.8 Å². The largest absolute Gasteiger partial charge is 0.481 e. The van der Waals surface area contributed by atoms with E-state index in [-0.39, 0.29) is 5.91 Å². The molecule has 4 aromatic rings. The summed E-state index contributed by atoms with van der Waals surface area (Å²) >= 11 is 0. The fraction of sp³-hybridized carbons (Fsp3) is 0.0952. The van der Waals surface area contributed by atoms with Gasteiger partial charge in [0.2, 0.25) is 5.88 Å². The lowest BCUT2D eigenvalue weighted by molar-refractivity contribution is 0.102. The van der Waals surface area contributed by atoms with Gasteiger partial charge in [0.25, 0.3) is 5.91 Å². The smallest absolute Gasteiger partial charge is 0.257 e. The molecule has 0 fully saturated rings. The number of aryl methyl sites for hydroxylation is 1.